The Hall–Kier alpha value is -3.33. The van der Waals surface area contributed by atoms with Gasteiger partial charge in [-0.05, 0) is 36.4 Å². The van der Waals surface area contributed by atoms with Crippen molar-refractivity contribution < 1.29 is 0 Å². The molecule has 0 unspecified atom stereocenters. The lowest BCUT2D eigenvalue weighted by Crippen LogP contribution is -2.30. The Balaban J connectivity index is 1.25. The summed E-state index contributed by atoms with van der Waals surface area (Å²) >= 11 is 1.77. The third kappa shape index (κ3) is 4.30. The molecule has 1 aliphatic heterocycles. The smallest absolute Gasteiger partial charge is 0.159 e. The van der Waals surface area contributed by atoms with Crippen molar-refractivity contribution in [1.29, 1.82) is 0 Å². The SMILES string of the molecule is C(#Cc1ccc(CN2CCc3nc(-c4ccncc4)ncc3C2)s1)c1ccccc1. The van der Waals surface area contributed by atoms with Gasteiger partial charge in [0.25, 0.3) is 0 Å². The third-order valence-electron chi connectivity index (χ3n) is 5.10. The van der Waals surface area contributed by atoms with Gasteiger partial charge in [-0.1, -0.05) is 30.0 Å². The maximum atomic E-state index is 4.80. The van der Waals surface area contributed by atoms with Crippen molar-refractivity contribution in [1.82, 2.24) is 19.9 Å². The number of hydrogen-bond donors (Lipinski definition) is 0. The molecule has 3 aromatic heterocycles. The number of fused-ring (bicyclic) bond motifs is 1. The monoisotopic (exact) mass is 408 g/mol. The molecule has 0 aliphatic carbocycles. The number of benzene rings is 1. The fourth-order valence-corrected chi connectivity index (χ4v) is 4.46. The Bertz CT molecular complexity index is 1210. The lowest BCUT2D eigenvalue weighted by molar-refractivity contribution is 0.245. The minimum atomic E-state index is 0.782. The van der Waals surface area contributed by atoms with Crippen LogP contribution < -0.4 is 0 Å². The molecule has 0 spiro atoms. The molecule has 0 atom stereocenters. The lowest BCUT2D eigenvalue weighted by Gasteiger charge is -2.27. The van der Waals surface area contributed by atoms with Crippen molar-refractivity contribution in [3.8, 4) is 23.2 Å². The van der Waals surface area contributed by atoms with Gasteiger partial charge in [0.2, 0.25) is 0 Å². The minimum absolute atomic E-state index is 0.782. The summed E-state index contributed by atoms with van der Waals surface area (Å²) in [6.45, 7) is 2.82. The molecule has 0 bridgehead atoms. The number of thiophene rings is 1. The first kappa shape index (κ1) is 18.7. The van der Waals surface area contributed by atoms with E-state index in [1.54, 1.807) is 23.7 Å². The van der Waals surface area contributed by atoms with Crippen LogP contribution in [0, 0.1) is 11.8 Å². The van der Waals surface area contributed by atoms with Crippen molar-refractivity contribution in [3.63, 3.8) is 0 Å². The van der Waals surface area contributed by atoms with E-state index >= 15 is 0 Å². The highest BCUT2D eigenvalue weighted by Crippen LogP contribution is 2.24. The van der Waals surface area contributed by atoms with E-state index in [9.17, 15) is 0 Å². The molecule has 5 rings (SSSR count). The summed E-state index contributed by atoms with van der Waals surface area (Å²) in [7, 11) is 0. The van der Waals surface area contributed by atoms with Crippen molar-refractivity contribution >= 4 is 11.3 Å². The average molecular weight is 409 g/mol. The van der Waals surface area contributed by atoms with Gasteiger partial charge in [-0.15, -0.1) is 11.3 Å². The summed E-state index contributed by atoms with van der Waals surface area (Å²) in [5, 5.41) is 0. The van der Waals surface area contributed by atoms with Gasteiger partial charge in [-0.3, -0.25) is 9.88 Å². The molecule has 0 radical (unpaired) electrons. The van der Waals surface area contributed by atoms with Gasteiger partial charge in [0.15, 0.2) is 5.82 Å². The van der Waals surface area contributed by atoms with E-state index in [4.69, 9.17) is 4.98 Å². The summed E-state index contributed by atoms with van der Waals surface area (Å²) in [5.41, 5.74) is 4.44. The number of nitrogens with zero attached hydrogens (tertiary/aromatic N) is 4. The van der Waals surface area contributed by atoms with Gasteiger partial charge in [-0.2, -0.15) is 0 Å². The third-order valence-corrected chi connectivity index (χ3v) is 6.08. The van der Waals surface area contributed by atoms with E-state index in [0.717, 1.165) is 53.6 Å². The maximum Gasteiger partial charge on any atom is 0.159 e. The van der Waals surface area contributed by atoms with Crippen LogP contribution in [0.1, 0.15) is 26.6 Å². The minimum Gasteiger partial charge on any atom is -0.293 e. The first-order valence-electron chi connectivity index (χ1n) is 9.97. The van der Waals surface area contributed by atoms with Gasteiger partial charge in [-0.25, -0.2) is 9.97 Å². The molecule has 4 aromatic rings. The topological polar surface area (TPSA) is 41.9 Å². The normalized spacial score (nSPS) is 13.3. The summed E-state index contributed by atoms with van der Waals surface area (Å²) in [4.78, 5) is 18.4. The quantitative estimate of drug-likeness (QED) is 0.466. The number of hydrogen-bond acceptors (Lipinski definition) is 5. The summed E-state index contributed by atoms with van der Waals surface area (Å²) in [5.74, 6) is 7.30. The predicted molar refractivity (Wildman–Crippen MR) is 120 cm³/mol. The van der Waals surface area contributed by atoms with Crippen molar-refractivity contribution in [2.24, 2.45) is 0 Å². The first-order chi connectivity index (χ1) is 14.8. The van der Waals surface area contributed by atoms with Crippen LogP contribution in [0.25, 0.3) is 11.4 Å². The summed E-state index contributed by atoms with van der Waals surface area (Å²) < 4.78 is 0. The molecular weight excluding hydrogens is 388 g/mol. The Labute approximate surface area is 180 Å². The number of aromatic nitrogens is 3. The van der Waals surface area contributed by atoms with Crippen LogP contribution in [0.2, 0.25) is 0 Å². The van der Waals surface area contributed by atoms with Gasteiger partial charge in [0.05, 0.1) is 10.6 Å². The Morgan fingerprint density at radius 3 is 2.70 bits per heavy atom. The van der Waals surface area contributed by atoms with Gasteiger partial charge in [0, 0.05) is 66.2 Å². The van der Waals surface area contributed by atoms with E-state index in [-0.39, 0.29) is 0 Å². The summed E-state index contributed by atoms with van der Waals surface area (Å²) in [6, 6.07) is 18.3. The molecule has 4 heterocycles. The molecule has 0 saturated heterocycles. The van der Waals surface area contributed by atoms with Crippen LogP contribution in [0.4, 0.5) is 0 Å². The van der Waals surface area contributed by atoms with Gasteiger partial charge >= 0.3 is 0 Å². The molecule has 1 aliphatic rings. The molecular formula is C25H20N4S. The standard InChI is InChI=1S/C25H20N4S/c1-2-4-19(5-3-1)6-7-22-8-9-23(30-22)18-29-15-12-24-21(17-29)16-27-25(28-24)20-10-13-26-14-11-20/h1-5,8-11,13-14,16H,12,15,17-18H2. The number of pyridine rings is 1. The lowest BCUT2D eigenvalue weighted by atomic mass is 10.1. The highest BCUT2D eigenvalue weighted by atomic mass is 32.1. The second-order valence-electron chi connectivity index (χ2n) is 7.24. The van der Waals surface area contributed by atoms with Gasteiger partial charge in [0.1, 0.15) is 0 Å². The number of rotatable bonds is 3. The fraction of sp³-hybridized carbons (Fsp3) is 0.160. The molecule has 1 aromatic carbocycles. The van der Waals surface area contributed by atoms with Crippen molar-refractivity contribution in [2.45, 2.75) is 19.5 Å². The Morgan fingerprint density at radius 2 is 1.83 bits per heavy atom. The zero-order valence-electron chi connectivity index (χ0n) is 16.5. The summed E-state index contributed by atoms with van der Waals surface area (Å²) in [6.07, 6.45) is 6.48. The van der Waals surface area contributed by atoms with E-state index in [0.29, 0.717) is 0 Å². The molecule has 0 amide bonds. The van der Waals surface area contributed by atoms with Crippen LogP contribution >= 0.6 is 11.3 Å². The molecule has 5 heteroatoms. The van der Waals surface area contributed by atoms with Crippen LogP contribution in [0.3, 0.4) is 0 Å². The molecule has 4 nitrogen and oxygen atoms in total. The highest BCUT2D eigenvalue weighted by molar-refractivity contribution is 7.12. The van der Waals surface area contributed by atoms with E-state index < -0.39 is 0 Å². The van der Waals surface area contributed by atoms with Crippen LogP contribution in [0.15, 0.2) is 73.2 Å². The zero-order valence-corrected chi connectivity index (χ0v) is 17.3. The highest BCUT2D eigenvalue weighted by Gasteiger charge is 2.19. The zero-order chi connectivity index (χ0) is 20.2. The molecule has 30 heavy (non-hydrogen) atoms. The van der Waals surface area contributed by atoms with E-state index in [1.807, 2.05) is 48.7 Å². The van der Waals surface area contributed by atoms with Crippen molar-refractivity contribution in [3.05, 3.63) is 99.8 Å². The fourth-order valence-electron chi connectivity index (χ4n) is 3.56. The van der Waals surface area contributed by atoms with E-state index in [2.05, 4.69) is 38.8 Å². The maximum absolute atomic E-state index is 4.80. The molecule has 0 saturated carbocycles. The van der Waals surface area contributed by atoms with Crippen LogP contribution in [-0.4, -0.2) is 26.4 Å². The van der Waals surface area contributed by atoms with Crippen LogP contribution in [-0.2, 0) is 19.5 Å². The van der Waals surface area contributed by atoms with Crippen LogP contribution in [0.5, 0.6) is 0 Å². The van der Waals surface area contributed by atoms with Crippen molar-refractivity contribution in [2.75, 3.05) is 6.54 Å². The Kier molecular flexibility index (Phi) is 5.34. The Morgan fingerprint density at radius 1 is 0.967 bits per heavy atom. The van der Waals surface area contributed by atoms with Gasteiger partial charge < -0.3 is 0 Å². The molecule has 0 N–H and O–H groups in total. The van der Waals surface area contributed by atoms with E-state index in [1.165, 1.54) is 10.4 Å². The first-order valence-corrected chi connectivity index (χ1v) is 10.8. The largest absolute Gasteiger partial charge is 0.293 e. The molecule has 146 valence electrons. The second kappa shape index (κ2) is 8.58. The average Bonchev–Trinajstić information content (AvgIpc) is 3.26. The molecule has 0 fully saturated rings. The second-order valence-corrected chi connectivity index (χ2v) is 8.41. The predicted octanol–water partition coefficient (Wildman–Crippen LogP) is 4.56.